The van der Waals surface area contributed by atoms with Crippen LogP contribution >= 0.6 is 0 Å². The molecule has 25 heavy (non-hydrogen) atoms. The van der Waals surface area contributed by atoms with Crippen LogP contribution in [0.15, 0.2) is 29.2 Å². The Morgan fingerprint density at radius 3 is 2.12 bits per heavy atom. The highest BCUT2D eigenvalue weighted by Crippen LogP contribution is 2.23. The number of nitrogens with zero attached hydrogens (tertiary/aromatic N) is 1. The predicted molar refractivity (Wildman–Crippen MR) is 97.0 cm³/mol. The van der Waals surface area contributed by atoms with Gasteiger partial charge >= 0.3 is 0 Å². The fourth-order valence-corrected chi connectivity index (χ4v) is 4.30. The third-order valence-electron chi connectivity index (χ3n) is 4.14. The molecule has 0 radical (unpaired) electrons. The first-order valence-corrected chi connectivity index (χ1v) is 10.3. The number of nitrogens with one attached hydrogen (secondary N) is 1. The molecule has 0 unspecified atom stereocenters. The number of sulfonamides is 1. The van der Waals surface area contributed by atoms with Gasteiger partial charge in [0.1, 0.15) is 5.75 Å². The van der Waals surface area contributed by atoms with E-state index in [-0.39, 0.29) is 16.8 Å². The largest absolute Gasteiger partial charge is 0.481 e. The molecule has 7 heteroatoms. The lowest BCUT2D eigenvalue weighted by Crippen LogP contribution is -2.40. The van der Waals surface area contributed by atoms with Crippen molar-refractivity contribution in [2.75, 3.05) is 13.1 Å². The molecule has 2 rings (SSSR count). The Bertz CT molecular complexity index is 663. The van der Waals surface area contributed by atoms with Gasteiger partial charge in [0.15, 0.2) is 6.10 Å². The molecule has 0 saturated carbocycles. The van der Waals surface area contributed by atoms with Gasteiger partial charge in [-0.1, -0.05) is 12.8 Å². The molecule has 0 aliphatic carbocycles. The first-order chi connectivity index (χ1) is 11.8. The Morgan fingerprint density at radius 2 is 1.60 bits per heavy atom. The van der Waals surface area contributed by atoms with Gasteiger partial charge in [0, 0.05) is 19.1 Å². The van der Waals surface area contributed by atoms with Crippen LogP contribution < -0.4 is 10.1 Å². The van der Waals surface area contributed by atoms with Crippen LogP contribution in [0.2, 0.25) is 0 Å². The summed E-state index contributed by atoms with van der Waals surface area (Å²) in [6.45, 7) is 6.58. The molecule has 1 saturated heterocycles. The number of rotatable bonds is 6. The average Bonchev–Trinajstić information content (AvgIpc) is 2.84. The van der Waals surface area contributed by atoms with E-state index in [1.54, 1.807) is 35.5 Å². The molecule has 1 fully saturated rings. The molecule has 1 aromatic carbocycles. The van der Waals surface area contributed by atoms with E-state index in [0.29, 0.717) is 18.8 Å². The van der Waals surface area contributed by atoms with Crippen molar-refractivity contribution in [2.24, 2.45) is 0 Å². The van der Waals surface area contributed by atoms with E-state index in [9.17, 15) is 13.2 Å². The van der Waals surface area contributed by atoms with Crippen molar-refractivity contribution < 1.29 is 17.9 Å². The number of hydrogen-bond donors (Lipinski definition) is 1. The molecular formula is C18H28N2O4S. The molecule has 1 aliphatic heterocycles. The van der Waals surface area contributed by atoms with E-state index in [1.807, 2.05) is 13.8 Å². The zero-order valence-electron chi connectivity index (χ0n) is 15.2. The van der Waals surface area contributed by atoms with Crippen molar-refractivity contribution in [3.05, 3.63) is 24.3 Å². The van der Waals surface area contributed by atoms with Crippen molar-refractivity contribution in [3.8, 4) is 5.75 Å². The Morgan fingerprint density at radius 1 is 1.04 bits per heavy atom. The summed E-state index contributed by atoms with van der Waals surface area (Å²) in [4.78, 5) is 12.1. The number of benzene rings is 1. The normalized spacial score (nSPS) is 17.8. The molecule has 6 nitrogen and oxygen atoms in total. The summed E-state index contributed by atoms with van der Waals surface area (Å²) in [5.74, 6) is 0.275. The number of carbonyl (C=O) groups is 1. The van der Waals surface area contributed by atoms with Crippen molar-refractivity contribution in [1.29, 1.82) is 0 Å². The van der Waals surface area contributed by atoms with Crippen LogP contribution in [0.4, 0.5) is 0 Å². The zero-order chi connectivity index (χ0) is 18.4. The van der Waals surface area contributed by atoms with Crippen LogP contribution in [-0.4, -0.2) is 43.9 Å². The quantitative estimate of drug-likeness (QED) is 0.837. The SMILES string of the molecule is CC(C)NC(=O)[C@@H](C)Oc1ccc(S(=O)(=O)N2CCCCCC2)cc1. The van der Waals surface area contributed by atoms with E-state index < -0.39 is 16.1 Å². The Labute approximate surface area is 150 Å². The third kappa shape index (κ3) is 5.44. The first kappa shape index (κ1) is 19.7. The fraction of sp³-hybridized carbons (Fsp3) is 0.611. The summed E-state index contributed by atoms with van der Waals surface area (Å²) in [6.07, 6.45) is 3.33. The number of carbonyl (C=O) groups excluding carboxylic acids is 1. The lowest BCUT2D eigenvalue weighted by molar-refractivity contribution is -0.127. The molecule has 0 bridgehead atoms. The van der Waals surface area contributed by atoms with Gasteiger partial charge in [0.25, 0.3) is 5.91 Å². The van der Waals surface area contributed by atoms with Gasteiger partial charge in [-0.05, 0) is 57.9 Å². The summed E-state index contributed by atoms with van der Waals surface area (Å²) >= 11 is 0. The Hall–Kier alpha value is -1.60. The number of hydrogen-bond acceptors (Lipinski definition) is 4. The minimum Gasteiger partial charge on any atom is -0.481 e. The molecular weight excluding hydrogens is 340 g/mol. The summed E-state index contributed by atoms with van der Waals surface area (Å²) in [5, 5.41) is 2.78. The standard InChI is InChI=1S/C18H28N2O4S/c1-14(2)19-18(21)15(3)24-16-8-10-17(11-9-16)25(22,23)20-12-6-4-5-7-13-20/h8-11,14-15H,4-7,12-13H2,1-3H3,(H,19,21)/t15-/m1/s1. The van der Waals surface area contributed by atoms with Gasteiger partial charge in [-0.15, -0.1) is 0 Å². The third-order valence-corrected chi connectivity index (χ3v) is 6.05. The summed E-state index contributed by atoms with van der Waals surface area (Å²) in [6, 6.07) is 6.33. The maximum atomic E-state index is 12.7. The second-order valence-corrected chi connectivity index (χ2v) is 8.65. The van der Waals surface area contributed by atoms with Gasteiger partial charge in [-0.2, -0.15) is 4.31 Å². The monoisotopic (exact) mass is 368 g/mol. The topological polar surface area (TPSA) is 75.7 Å². The molecule has 0 spiro atoms. The average molecular weight is 368 g/mol. The van der Waals surface area contributed by atoms with E-state index >= 15 is 0 Å². The van der Waals surface area contributed by atoms with Crippen molar-refractivity contribution in [2.45, 2.75) is 63.5 Å². The molecule has 140 valence electrons. The maximum absolute atomic E-state index is 12.7. The van der Waals surface area contributed by atoms with Crippen LogP contribution in [0.1, 0.15) is 46.5 Å². The Kier molecular flexibility index (Phi) is 6.84. The van der Waals surface area contributed by atoms with Crippen molar-refractivity contribution >= 4 is 15.9 Å². The summed E-state index contributed by atoms with van der Waals surface area (Å²) in [7, 11) is -3.46. The molecule has 0 aromatic heterocycles. The van der Waals surface area contributed by atoms with Gasteiger partial charge < -0.3 is 10.1 Å². The molecule has 1 N–H and O–H groups in total. The predicted octanol–water partition coefficient (Wildman–Crippen LogP) is 2.54. The van der Waals surface area contributed by atoms with Crippen LogP contribution in [-0.2, 0) is 14.8 Å². The molecule has 1 aromatic rings. The van der Waals surface area contributed by atoms with Crippen LogP contribution in [0.5, 0.6) is 5.75 Å². The fourth-order valence-electron chi connectivity index (χ4n) is 2.78. The molecule has 1 amide bonds. The van der Waals surface area contributed by atoms with Crippen LogP contribution in [0.3, 0.4) is 0 Å². The minimum absolute atomic E-state index is 0.0414. The highest BCUT2D eigenvalue weighted by Gasteiger charge is 2.25. The van der Waals surface area contributed by atoms with Crippen LogP contribution in [0, 0.1) is 0 Å². The number of ether oxygens (including phenoxy) is 1. The summed E-state index contributed by atoms with van der Waals surface area (Å²) < 4.78 is 32.6. The van der Waals surface area contributed by atoms with E-state index in [1.165, 1.54) is 0 Å². The van der Waals surface area contributed by atoms with Crippen molar-refractivity contribution in [1.82, 2.24) is 9.62 Å². The lowest BCUT2D eigenvalue weighted by atomic mass is 10.2. The van der Waals surface area contributed by atoms with Gasteiger partial charge in [-0.3, -0.25) is 4.79 Å². The molecule has 1 atom stereocenters. The van der Waals surface area contributed by atoms with Gasteiger partial charge in [0.05, 0.1) is 4.90 Å². The van der Waals surface area contributed by atoms with Crippen molar-refractivity contribution in [3.63, 3.8) is 0 Å². The second kappa shape index (κ2) is 8.67. The smallest absolute Gasteiger partial charge is 0.260 e. The summed E-state index contributed by atoms with van der Waals surface area (Å²) in [5.41, 5.74) is 0. The van der Waals surface area contributed by atoms with Gasteiger partial charge in [-0.25, -0.2) is 8.42 Å². The second-order valence-electron chi connectivity index (χ2n) is 6.71. The molecule has 1 aliphatic rings. The zero-order valence-corrected chi connectivity index (χ0v) is 16.0. The van der Waals surface area contributed by atoms with Crippen LogP contribution in [0.25, 0.3) is 0 Å². The lowest BCUT2D eigenvalue weighted by Gasteiger charge is -2.20. The van der Waals surface area contributed by atoms with E-state index in [0.717, 1.165) is 25.7 Å². The first-order valence-electron chi connectivity index (χ1n) is 8.88. The minimum atomic E-state index is -3.46. The van der Waals surface area contributed by atoms with E-state index in [2.05, 4.69) is 5.32 Å². The number of amides is 1. The molecule has 1 heterocycles. The highest BCUT2D eigenvalue weighted by atomic mass is 32.2. The highest BCUT2D eigenvalue weighted by molar-refractivity contribution is 7.89. The van der Waals surface area contributed by atoms with Gasteiger partial charge in [0.2, 0.25) is 10.0 Å². The Balaban J connectivity index is 2.04. The van der Waals surface area contributed by atoms with E-state index in [4.69, 9.17) is 4.74 Å². The maximum Gasteiger partial charge on any atom is 0.260 e.